The van der Waals surface area contributed by atoms with Crippen molar-refractivity contribution in [2.45, 2.75) is 12.5 Å². The summed E-state index contributed by atoms with van der Waals surface area (Å²) in [4.78, 5) is 25.9. The molecule has 3 rings (SSSR count). The number of rotatable bonds is 2. The fraction of sp³-hybridized carbons (Fsp3) is 0.467. The molecule has 1 saturated heterocycles. The predicted octanol–water partition coefficient (Wildman–Crippen LogP) is 0.174. The Morgan fingerprint density at radius 2 is 2.00 bits per heavy atom. The van der Waals surface area contributed by atoms with Crippen LogP contribution in [-0.2, 0) is 9.53 Å². The number of carbonyl (C=O) groups is 2. The van der Waals surface area contributed by atoms with Gasteiger partial charge in [0.25, 0.3) is 11.8 Å². The van der Waals surface area contributed by atoms with Crippen molar-refractivity contribution in [2.24, 2.45) is 5.73 Å². The molecule has 1 aromatic carbocycles. The van der Waals surface area contributed by atoms with Crippen molar-refractivity contribution < 1.29 is 23.8 Å². The second kappa shape index (κ2) is 5.49. The Bertz CT molecular complexity index is 618. The van der Waals surface area contributed by atoms with E-state index in [1.807, 2.05) is 0 Å². The number of para-hydroxylation sites is 1. The Kier molecular flexibility index (Phi) is 3.66. The predicted molar refractivity (Wildman–Crippen MR) is 76.9 cm³/mol. The lowest BCUT2D eigenvalue weighted by Crippen LogP contribution is -2.58. The lowest BCUT2D eigenvalue weighted by molar-refractivity contribution is -0.150. The average molecular weight is 306 g/mol. The first-order chi connectivity index (χ1) is 10.5. The number of nitrogens with two attached hydrogens (primary N) is 1. The van der Waals surface area contributed by atoms with E-state index in [9.17, 15) is 9.59 Å². The molecule has 7 nitrogen and oxygen atoms in total. The minimum atomic E-state index is -1.17. The summed E-state index contributed by atoms with van der Waals surface area (Å²) in [5, 5.41) is 0. The molecule has 118 valence electrons. The van der Waals surface area contributed by atoms with Gasteiger partial charge in [-0.1, -0.05) is 6.07 Å². The average Bonchev–Trinajstić information content (AvgIpc) is 2.53. The number of carbonyl (C=O) groups excluding carboxylic acids is 2. The van der Waals surface area contributed by atoms with Gasteiger partial charge in [-0.25, -0.2) is 0 Å². The van der Waals surface area contributed by atoms with Gasteiger partial charge in [-0.2, -0.15) is 0 Å². The van der Waals surface area contributed by atoms with Crippen molar-refractivity contribution >= 4 is 11.8 Å². The monoisotopic (exact) mass is 306 g/mol. The Hall–Kier alpha value is -2.28. The summed E-state index contributed by atoms with van der Waals surface area (Å²) in [5.41, 5.74) is 4.62. The summed E-state index contributed by atoms with van der Waals surface area (Å²) < 4.78 is 16.5. The summed E-state index contributed by atoms with van der Waals surface area (Å²) in [6, 6.07) is 5.19. The Labute approximate surface area is 127 Å². The highest BCUT2D eigenvalue weighted by Gasteiger charge is 2.40. The summed E-state index contributed by atoms with van der Waals surface area (Å²) in [5.74, 6) is 0.201. The van der Waals surface area contributed by atoms with Crippen LogP contribution in [0.2, 0.25) is 0 Å². The molecule has 0 aliphatic carbocycles. The number of hydrogen-bond acceptors (Lipinski definition) is 5. The smallest absolute Gasteiger partial charge is 0.257 e. The molecule has 7 heteroatoms. The van der Waals surface area contributed by atoms with Gasteiger partial charge in [-0.15, -0.1) is 0 Å². The molecular formula is C15H18N2O5. The highest BCUT2D eigenvalue weighted by Crippen LogP contribution is 2.34. The van der Waals surface area contributed by atoms with E-state index in [2.05, 4.69) is 0 Å². The fourth-order valence-corrected chi connectivity index (χ4v) is 2.60. The van der Waals surface area contributed by atoms with Crippen molar-refractivity contribution in [2.75, 3.05) is 32.9 Å². The van der Waals surface area contributed by atoms with E-state index in [0.717, 1.165) is 0 Å². The van der Waals surface area contributed by atoms with Crippen LogP contribution in [-0.4, -0.2) is 55.2 Å². The van der Waals surface area contributed by atoms with Crippen LogP contribution in [0.15, 0.2) is 18.2 Å². The summed E-state index contributed by atoms with van der Waals surface area (Å²) in [6.45, 7) is 3.23. The van der Waals surface area contributed by atoms with Gasteiger partial charge in [-0.3, -0.25) is 9.59 Å². The van der Waals surface area contributed by atoms with E-state index in [4.69, 9.17) is 19.9 Å². The van der Waals surface area contributed by atoms with Crippen LogP contribution < -0.4 is 15.2 Å². The number of nitrogens with zero attached hydrogens (tertiary/aromatic N) is 1. The molecule has 2 N–H and O–H groups in total. The van der Waals surface area contributed by atoms with Gasteiger partial charge in [-0.05, 0) is 19.1 Å². The highest BCUT2D eigenvalue weighted by molar-refractivity contribution is 5.98. The number of morpholine rings is 1. The van der Waals surface area contributed by atoms with Gasteiger partial charge < -0.3 is 24.8 Å². The lowest BCUT2D eigenvalue weighted by atomic mass is 10.0. The number of benzene rings is 1. The molecular weight excluding hydrogens is 288 g/mol. The Morgan fingerprint density at radius 3 is 2.77 bits per heavy atom. The second-order valence-corrected chi connectivity index (χ2v) is 5.50. The highest BCUT2D eigenvalue weighted by atomic mass is 16.6. The number of primary amides is 1. The van der Waals surface area contributed by atoms with E-state index in [0.29, 0.717) is 36.8 Å². The minimum absolute atomic E-state index is 0.117. The summed E-state index contributed by atoms with van der Waals surface area (Å²) in [6.07, 6.45) is 0. The standard InChI is InChI=1S/C15H18N2O5/c1-15(14(16)19)9-17(5-6-22-15)13(18)10-3-2-4-11-12(10)21-8-7-20-11/h2-4H,5-9H2,1H3,(H2,16,19)/t15-/m1/s1. The van der Waals surface area contributed by atoms with Crippen LogP contribution in [0, 0.1) is 0 Å². The van der Waals surface area contributed by atoms with Crippen molar-refractivity contribution in [1.82, 2.24) is 4.90 Å². The zero-order valence-electron chi connectivity index (χ0n) is 12.3. The van der Waals surface area contributed by atoms with Crippen LogP contribution in [0.5, 0.6) is 11.5 Å². The number of fused-ring (bicyclic) bond motifs is 1. The van der Waals surface area contributed by atoms with E-state index in [-0.39, 0.29) is 19.1 Å². The molecule has 0 spiro atoms. The van der Waals surface area contributed by atoms with Gasteiger partial charge in [0.2, 0.25) is 0 Å². The molecule has 0 radical (unpaired) electrons. The molecule has 0 saturated carbocycles. The van der Waals surface area contributed by atoms with E-state index < -0.39 is 11.5 Å². The molecule has 1 atom stereocenters. The quantitative estimate of drug-likeness (QED) is 0.841. The number of hydrogen-bond donors (Lipinski definition) is 1. The van der Waals surface area contributed by atoms with Crippen molar-refractivity contribution in [1.29, 1.82) is 0 Å². The molecule has 0 unspecified atom stereocenters. The first-order valence-corrected chi connectivity index (χ1v) is 7.13. The minimum Gasteiger partial charge on any atom is -0.486 e. The topological polar surface area (TPSA) is 91.1 Å². The maximum Gasteiger partial charge on any atom is 0.257 e. The molecule has 0 aromatic heterocycles. The van der Waals surface area contributed by atoms with E-state index >= 15 is 0 Å². The van der Waals surface area contributed by atoms with Crippen LogP contribution in [0.25, 0.3) is 0 Å². The maximum absolute atomic E-state index is 12.8. The normalized spacial score (nSPS) is 24.0. The zero-order valence-corrected chi connectivity index (χ0v) is 12.3. The third-order valence-electron chi connectivity index (χ3n) is 3.88. The SMILES string of the molecule is C[C@]1(C(N)=O)CN(C(=O)c2cccc3c2OCCO3)CCO1. The fourth-order valence-electron chi connectivity index (χ4n) is 2.60. The molecule has 2 aliphatic heterocycles. The van der Waals surface area contributed by atoms with Gasteiger partial charge in [0.15, 0.2) is 17.1 Å². The first-order valence-electron chi connectivity index (χ1n) is 7.13. The van der Waals surface area contributed by atoms with Crippen molar-refractivity contribution in [3.63, 3.8) is 0 Å². The maximum atomic E-state index is 12.8. The second-order valence-electron chi connectivity index (χ2n) is 5.50. The Balaban J connectivity index is 1.87. The van der Waals surface area contributed by atoms with Gasteiger partial charge >= 0.3 is 0 Å². The lowest BCUT2D eigenvalue weighted by Gasteiger charge is -2.38. The Morgan fingerprint density at radius 1 is 1.23 bits per heavy atom. The number of amides is 2. The molecule has 2 aliphatic rings. The zero-order chi connectivity index (χ0) is 15.7. The van der Waals surface area contributed by atoms with Crippen LogP contribution in [0.3, 0.4) is 0 Å². The molecule has 0 bridgehead atoms. The van der Waals surface area contributed by atoms with Crippen LogP contribution in [0.4, 0.5) is 0 Å². The summed E-state index contributed by atoms with van der Waals surface area (Å²) in [7, 11) is 0. The summed E-state index contributed by atoms with van der Waals surface area (Å²) >= 11 is 0. The van der Waals surface area contributed by atoms with E-state index in [1.54, 1.807) is 30.0 Å². The van der Waals surface area contributed by atoms with Crippen LogP contribution >= 0.6 is 0 Å². The van der Waals surface area contributed by atoms with Crippen molar-refractivity contribution in [3.05, 3.63) is 23.8 Å². The molecule has 2 amide bonds. The van der Waals surface area contributed by atoms with Crippen molar-refractivity contribution in [3.8, 4) is 11.5 Å². The van der Waals surface area contributed by atoms with Crippen LogP contribution in [0.1, 0.15) is 17.3 Å². The van der Waals surface area contributed by atoms with Gasteiger partial charge in [0.05, 0.1) is 18.7 Å². The largest absolute Gasteiger partial charge is 0.486 e. The van der Waals surface area contributed by atoms with Gasteiger partial charge in [0.1, 0.15) is 13.2 Å². The third kappa shape index (κ3) is 2.48. The molecule has 22 heavy (non-hydrogen) atoms. The third-order valence-corrected chi connectivity index (χ3v) is 3.88. The van der Waals surface area contributed by atoms with Gasteiger partial charge in [0, 0.05) is 6.54 Å². The van der Waals surface area contributed by atoms with E-state index in [1.165, 1.54) is 0 Å². The molecule has 1 aromatic rings. The molecule has 2 heterocycles. The first kappa shape index (κ1) is 14.6. The molecule has 1 fully saturated rings. The number of ether oxygens (including phenoxy) is 3.